The van der Waals surface area contributed by atoms with Crippen LogP contribution in [0.4, 0.5) is 0 Å². The van der Waals surface area contributed by atoms with Crippen molar-refractivity contribution in [2.75, 3.05) is 7.05 Å². The van der Waals surface area contributed by atoms with Gasteiger partial charge in [-0.2, -0.15) is 5.10 Å². The zero-order chi connectivity index (χ0) is 15.5. The second-order valence-electron chi connectivity index (χ2n) is 5.68. The average molecular weight is 293 g/mol. The predicted molar refractivity (Wildman–Crippen MR) is 88.6 cm³/mol. The van der Waals surface area contributed by atoms with Crippen molar-refractivity contribution < 1.29 is 0 Å². The molecule has 0 N–H and O–H groups in total. The first-order valence-electron chi connectivity index (χ1n) is 7.32. The highest BCUT2D eigenvalue weighted by Crippen LogP contribution is 2.08. The molecule has 0 aliphatic rings. The molecule has 112 valence electrons. The number of benzene rings is 2. The lowest BCUT2D eigenvalue weighted by Gasteiger charge is -2.17. The summed E-state index contributed by atoms with van der Waals surface area (Å²) in [4.78, 5) is 14.5. The summed E-state index contributed by atoms with van der Waals surface area (Å²) >= 11 is 0. The van der Waals surface area contributed by atoms with E-state index in [1.807, 2.05) is 31.3 Å². The minimum atomic E-state index is -0.0474. The lowest BCUT2D eigenvalue weighted by molar-refractivity contribution is 0.241. The summed E-state index contributed by atoms with van der Waals surface area (Å²) in [6.07, 6.45) is 1.75. The molecule has 22 heavy (non-hydrogen) atoms. The summed E-state index contributed by atoms with van der Waals surface area (Å²) in [5.41, 5.74) is 2.43. The van der Waals surface area contributed by atoms with E-state index in [0.29, 0.717) is 12.1 Å². The van der Waals surface area contributed by atoms with E-state index in [4.69, 9.17) is 0 Å². The summed E-state index contributed by atoms with van der Waals surface area (Å²) in [6, 6.07) is 16.0. The van der Waals surface area contributed by atoms with Crippen LogP contribution in [0.5, 0.6) is 0 Å². The van der Waals surface area contributed by atoms with Crippen molar-refractivity contribution in [2.45, 2.75) is 20.1 Å². The van der Waals surface area contributed by atoms with Crippen molar-refractivity contribution in [3.05, 3.63) is 76.2 Å². The van der Waals surface area contributed by atoms with E-state index >= 15 is 0 Å². The fourth-order valence-electron chi connectivity index (χ4n) is 2.51. The lowest BCUT2D eigenvalue weighted by Crippen LogP contribution is -2.31. The SMILES string of the molecule is Cc1ccc(CN(C)Cn2ncc3ccccc3c2=O)cc1. The Morgan fingerprint density at radius 3 is 2.59 bits per heavy atom. The second-order valence-corrected chi connectivity index (χ2v) is 5.68. The normalized spacial score (nSPS) is 11.2. The van der Waals surface area contributed by atoms with Crippen molar-refractivity contribution in [3.8, 4) is 0 Å². The van der Waals surface area contributed by atoms with Gasteiger partial charge in [0.15, 0.2) is 0 Å². The van der Waals surface area contributed by atoms with Gasteiger partial charge >= 0.3 is 0 Å². The van der Waals surface area contributed by atoms with Gasteiger partial charge in [-0.1, -0.05) is 48.0 Å². The smallest absolute Gasteiger partial charge is 0.275 e. The van der Waals surface area contributed by atoms with Crippen LogP contribution >= 0.6 is 0 Å². The third-order valence-electron chi connectivity index (χ3n) is 3.71. The van der Waals surface area contributed by atoms with E-state index in [9.17, 15) is 4.79 Å². The summed E-state index contributed by atoms with van der Waals surface area (Å²) in [5.74, 6) is 0. The molecule has 0 unspecified atom stereocenters. The van der Waals surface area contributed by atoms with E-state index in [1.165, 1.54) is 15.8 Å². The molecular weight excluding hydrogens is 274 g/mol. The number of hydrogen-bond acceptors (Lipinski definition) is 3. The lowest BCUT2D eigenvalue weighted by atomic mass is 10.1. The van der Waals surface area contributed by atoms with Gasteiger partial charge in [-0.15, -0.1) is 0 Å². The molecule has 1 aromatic heterocycles. The maximum atomic E-state index is 12.4. The molecule has 0 saturated heterocycles. The minimum absolute atomic E-state index is 0.0474. The molecule has 0 bridgehead atoms. The summed E-state index contributed by atoms with van der Waals surface area (Å²) in [5, 5.41) is 5.85. The average Bonchev–Trinajstić information content (AvgIpc) is 2.53. The summed E-state index contributed by atoms with van der Waals surface area (Å²) < 4.78 is 1.51. The number of aromatic nitrogens is 2. The van der Waals surface area contributed by atoms with Gasteiger partial charge in [0.25, 0.3) is 5.56 Å². The highest BCUT2D eigenvalue weighted by Gasteiger charge is 2.06. The fraction of sp³-hybridized carbons (Fsp3) is 0.222. The third-order valence-corrected chi connectivity index (χ3v) is 3.71. The van der Waals surface area contributed by atoms with Gasteiger partial charge in [0.1, 0.15) is 0 Å². The largest absolute Gasteiger partial charge is 0.283 e. The number of aryl methyl sites for hydroxylation is 1. The van der Waals surface area contributed by atoms with Gasteiger partial charge in [-0.3, -0.25) is 9.69 Å². The van der Waals surface area contributed by atoms with Crippen LogP contribution in [-0.4, -0.2) is 21.7 Å². The van der Waals surface area contributed by atoms with Crippen LogP contribution in [0.2, 0.25) is 0 Å². The van der Waals surface area contributed by atoms with Crippen molar-refractivity contribution in [1.82, 2.24) is 14.7 Å². The van der Waals surface area contributed by atoms with Crippen LogP contribution in [0, 0.1) is 6.92 Å². The van der Waals surface area contributed by atoms with Crippen LogP contribution in [0.25, 0.3) is 10.8 Å². The Morgan fingerprint density at radius 2 is 1.82 bits per heavy atom. The fourth-order valence-corrected chi connectivity index (χ4v) is 2.51. The summed E-state index contributed by atoms with van der Waals surface area (Å²) in [6.45, 7) is 3.32. The van der Waals surface area contributed by atoms with Gasteiger partial charge in [-0.25, -0.2) is 4.68 Å². The Morgan fingerprint density at radius 1 is 1.09 bits per heavy atom. The standard InChI is InChI=1S/C18H19N3O/c1-14-7-9-15(10-8-14)12-20(2)13-21-18(22)17-6-4-3-5-16(17)11-19-21/h3-11H,12-13H2,1-2H3. The molecule has 0 amide bonds. The van der Waals surface area contributed by atoms with Gasteiger partial charge in [-0.05, 0) is 25.6 Å². The zero-order valence-electron chi connectivity index (χ0n) is 12.9. The van der Waals surface area contributed by atoms with Crippen molar-refractivity contribution >= 4 is 10.8 Å². The van der Waals surface area contributed by atoms with E-state index < -0.39 is 0 Å². The number of hydrogen-bond donors (Lipinski definition) is 0. The van der Waals surface area contributed by atoms with Crippen LogP contribution < -0.4 is 5.56 Å². The predicted octanol–water partition coefficient (Wildman–Crippen LogP) is 2.79. The molecule has 4 heteroatoms. The summed E-state index contributed by atoms with van der Waals surface area (Å²) in [7, 11) is 1.99. The van der Waals surface area contributed by atoms with Crippen LogP contribution in [0.3, 0.4) is 0 Å². The molecule has 0 aliphatic carbocycles. The van der Waals surface area contributed by atoms with Crippen molar-refractivity contribution in [1.29, 1.82) is 0 Å². The Hall–Kier alpha value is -2.46. The first kappa shape index (κ1) is 14.5. The van der Waals surface area contributed by atoms with Crippen molar-refractivity contribution in [2.24, 2.45) is 0 Å². The molecule has 0 atom stereocenters. The minimum Gasteiger partial charge on any atom is -0.283 e. The van der Waals surface area contributed by atoms with E-state index in [-0.39, 0.29) is 5.56 Å². The molecule has 3 rings (SSSR count). The highest BCUT2D eigenvalue weighted by molar-refractivity contribution is 5.80. The quantitative estimate of drug-likeness (QED) is 0.742. The van der Waals surface area contributed by atoms with E-state index in [0.717, 1.165) is 11.9 Å². The molecule has 0 spiro atoms. The Labute approximate surface area is 129 Å². The molecule has 0 radical (unpaired) electrons. The maximum absolute atomic E-state index is 12.4. The van der Waals surface area contributed by atoms with Gasteiger partial charge in [0, 0.05) is 11.9 Å². The second kappa shape index (κ2) is 6.12. The Balaban J connectivity index is 1.79. The van der Waals surface area contributed by atoms with Gasteiger partial charge in [0.05, 0.1) is 18.3 Å². The third kappa shape index (κ3) is 3.07. The molecule has 0 fully saturated rings. The molecule has 2 aromatic carbocycles. The molecular formula is C18H19N3O. The molecule has 3 aromatic rings. The molecule has 0 aliphatic heterocycles. The van der Waals surface area contributed by atoms with Crippen LogP contribution in [-0.2, 0) is 13.2 Å². The first-order valence-corrected chi connectivity index (χ1v) is 7.32. The monoisotopic (exact) mass is 293 g/mol. The number of fused-ring (bicyclic) bond motifs is 1. The number of nitrogens with zero attached hydrogens (tertiary/aromatic N) is 3. The van der Waals surface area contributed by atoms with E-state index in [1.54, 1.807) is 6.20 Å². The highest BCUT2D eigenvalue weighted by atomic mass is 16.1. The van der Waals surface area contributed by atoms with Crippen LogP contribution in [0.1, 0.15) is 11.1 Å². The molecule has 4 nitrogen and oxygen atoms in total. The van der Waals surface area contributed by atoms with Crippen LogP contribution in [0.15, 0.2) is 59.5 Å². The molecule has 1 heterocycles. The molecule has 0 saturated carbocycles. The topological polar surface area (TPSA) is 38.1 Å². The van der Waals surface area contributed by atoms with Gasteiger partial charge in [0.2, 0.25) is 0 Å². The maximum Gasteiger partial charge on any atom is 0.275 e. The Bertz CT molecular complexity index is 837. The first-order chi connectivity index (χ1) is 10.6. The number of rotatable bonds is 4. The van der Waals surface area contributed by atoms with Gasteiger partial charge < -0.3 is 0 Å². The van der Waals surface area contributed by atoms with Crippen molar-refractivity contribution in [3.63, 3.8) is 0 Å². The van der Waals surface area contributed by atoms with E-state index in [2.05, 4.69) is 41.2 Å². The zero-order valence-corrected chi connectivity index (χ0v) is 12.9. The Kier molecular flexibility index (Phi) is 4.02.